The maximum absolute atomic E-state index is 8.25. The second-order valence-corrected chi connectivity index (χ2v) is 0.305. The van der Waals surface area contributed by atoms with Gasteiger partial charge in [-0.3, -0.25) is 0 Å². The van der Waals surface area contributed by atoms with E-state index in [1.807, 2.05) is 0 Å². The summed E-state index contributed by atoms with van der Waals surface area (Å²) in [5, 5.41) is 22.6. The van der Waals surface area contributed by atoms with Crippen LogP contribution in [0.5, 0.6) is 0 Å². The van der Waals surface area contributed by atoms with E-state index in [4.69, 9.17) is 25.4 Å². The van der Waals surface area contributed by atoms with Crippen molar-refractivity contribution in [2.24, 2.45) is 5.34 Å². The molecular formula is HAlN2NaO5. The summed E-state index contributed by atoms with van der Waals surface area (Å²) in [4.78, 5) is 16.4. The molecule has 3 radical (unpaired) electrons. The van der Waals surface area contributed by atoms with Gasteiger partial charge in [-0.15, -0.1) is 4.91 Å². The van der Waals surface area contributed by atoms with Gasteiger partial charge in [0.15, 0.2) is 5.34 Å². The van der Waals surface area contributed by atoms with Crippen LogP contribution in [-0.4, -0.2) is 27.7 Å². The smallest absolute Gasteiger partial charge is 0.379 e. The third-order valence-electron chi connectivity index (χ3n) is 0. The van der Waals surface area contributed by atoms with Gasteiger partial charge in [-0.1, -0.05) is 0 Å². The minimum absolute atomic E-state index is 0. The first kappa shape index (κ1) is 22.9. The van der Waals surface area contributed by atoms with E-state index >= 15 is 0 Å². The summed E-state index contributed by atoms with van der Waals surface area (Å²) in [5.74, 6) is 0. The Morgan fingerprint density at radius 3 is 1.44 bits per heavy atom. The zero-order chi connectivity index (χ0) is 6.28. The fourth-order valence-corrected chi connectivity index (χ4v) is 0. The summed E-state index contributed by atoms with van der Waals surface area (Å²) < 4.78 is 0. The van der Waals surface area contributed by atoms with Crippen molar-refractivity contribution in [2.45, 2.75) is 0 Å². The van der Waals surface area contributed by atoms with Crippen LogP contribution in [0.1, 0.15) is 0 Å². The maximum atomic E-state index is 8.25. The summed E-state index contributed by atoms with van der Waals surface area (Å²) in [6.07, 6.45) is 0. The molecule has 0 aliphatic carbocycles. The van der Waals surface area contributed by atoms with Crippen molar-refractivity contribution in [1.82, 2.24) is 0 Å². The molecule has 0 fully saturated rings. The number of hydrogen-bond acceptors (Lipinski definition) is 5. The van der Waals surface area contributed by atoms with E-state index in [-0.39, 0.29) is 46.9 Å². The topological polar surface area (TPSA) is 116 Å². The minimum atomic E-state index is -1.75. The molecule has 0 bridgehead atoms. The molecule has 9 heteroatoms. The van der Waals surface area contributed by atoms with Gasteiger partial charge in [0, 0.05) is 17.4 Å². The molecule has 0 saturated carbocycles. The van der Waals surface area contributed by atoms with Crippen molar-refractivity contribution in [3.63, 3.8) is 0 Å². The molecule has 0 aromatic rings. The minimum Gasteiger partial charge on any atom is -0.379 e. The van der Waals surface area contributed by atoms with Crippen LogP contribution in [0.25, 0.3) is 0 Å². The SMILES string of the molecule is O=NO.O=[N+]([O-])[O-].[Al].[Na+]. The maximum Gasteiger partial charge on any atom is 1.00 e. The molecule has 0 heterocycles. The molecular weight excluding hydrogens is 158 g/mol. The molecule has 7 nitrogen and oxygen atoms in total. The van der Waals surface area contributed by atoms with Crippen LogP contribution in [0.15, 0.2) is 5.34 Å². The Balaban J connectivity index is -0.0000000233. The molecule has 1 N–H and O–H groups in total. The van der Waals surface area contributed by atoms with Crippen LogP contribution < -0.4 is 29.6 Å². The van der Waals surface area contributed by atoms with Gasteiger partial charge in [0.1, 0.15) is 0 Å². The Hall–Kier alpha value is 0.132. The zero-order valence-corrected chi connectivity index (χ0v) is 7.71. The van der Waals surface area contributed by atoms with Crippen LogP contribution in [0, 0.1) is 20.2 Å². The van der Waals surface area contributed by atoms with Crippen LogP contribution in [0.2, 0.25) is 0 Å². The van der Waals surface area contributed by atoms with E-state index in [0.717, 1.165) is 0 Å². The average Bonchev–Trinajstić information content (AvgIpc) is 1.33. The van der Waals surface area contributed by atoms with Crippen LogP contribution in [-0.2, 0) is 0 Å². The number of hydrogen-bond donors (Lipinski definition) is 1. The fraction of sp³-hybridized carbons (Fsp3) is 0. The Morgan fingerprint density at radius 1 is 1.44 bits per heavy atom. The first-order valence-corrected chi connectivity index (χ1v) is 0.930. The molecule has 0 unspecified atom stereocenters. The van der Waals surface area contributed by atoms with Crippen LogP contribution in [0.4, 0.5) is 0 Å². The average molecular weight is 159 g/mol. The van der Waals surface area contributed by atoms with Crippen molar-refractivity contribution in [3.05, 3.63) is 20.2 Å². The van der Waals surface area contributed by atoms with Crippen LogP contribution >= 0.6 is 0 Å². The molecule has 0 rings (SSSR count). The molecule has 0 atom stereocenters. The molecule has 45 valence electrons. The molecule has 0 aliphatic rings. The van der Waals surface area contributed by atoms with Crippen molar-refractivity contribution < 1.29 is 39.9 Å². The van der Waals surface area contributed by atoms with E-state index in [0.29, 0.717) is 0 Å². The number of rotatable bonds is 0. The van der Waals surface area contributed by atoms with Crippen molar-refractivity contribution in [1.29, 1.82) is 0 Å². The van der Waals surface area contributed by atoms with E-state index in [1.54, 1.807) is 0 Å². The predicted molar refractivity (Wildman–Crippen MR) is 23.7 cm³/mol. The van der Waals surface area contributed by atoms with E-state index in [9.17, 15) is 0 Å². The summed E-state index contributed by atoms with van der Waals surface area (Å²) >= 11 is 0. The molecule has 0 aromatic carbocycles. The first-order chi connectivity index (χ1) is 3.15. The second kappa shape index (κ2) is 24.2. The standard InChI is InChI=1S/Al.NO3.HNO2.Na/c;2-1(3)4;2-1-3;/h;;(H,2,3);/q;-1;;+1. The third kappa shape index (κ3) is 17400. The molecule has 9 heavy (non-hydrogen) atoms. The monoisotopic (exact) mass is 159 g/mol. The van der Waals surface area contributed by atoms with Gasteiger partial charge in [0.2, 0.25) is 0 Å². The van der Waals surface area contributed by atoms with Gasteiger partial charge in [0.05, 0.1) is 5.09 Å². The molecule has 0 amide bonds. The van der Waals surface area contributed by atoms with Crippen LogP contribution in [0.3, 0.4) is 0 Å². The third-order valence-corrected chi connectivity index (χ3v) is 0. The van der Waals surface area contributed by atoms with E-state index in [1.165, 1.54) is 5.34 Å². The van der Waals surface area contributed by atoms with Gasteiger partial charge >= 0.3 is 29.6 Å². The summed E-state index contributed by atoms with van der Waals surface area (Å²) in [5.41, 5.74) is 0. The predicted octanol–water partition coefficient (Wildman–Crippen LogP) is -3.47. The Labute approximate surface area is 82.5 Å². The first-order valence-electron chi connectivity index (χ1n) is 0.930. The second-order valence-electron chi connectivity index (χ2n) is 0.305. The molecule has 0 saturated heterocycles. The summed E-state index contributed by atoms with van der Waals surface area (Å²) in [6, 6.07) is 0. The van der Waals surface area contributed by atoms with E-state index in [2.05, 4.69) is 0 Å². The number of nitrogens with zero attached hydrogens (tertiary/aromatic N) is 2. The van der Waals surface area contributed by atoms with Gasteiger partial charge < -0.3 is 20.5 Å². The van der Waals surface area contributed by atoms with Gasteiger partial charge in [0.25, 0.3) is 0 Å². The normalized spacial score (nSPS) is 4.00. The Bertz CT molecular complexity index is 62.0. The van der Waals surface area contributed by atoms with Crippen molar-refractivity contribution in [2.75, 3.05) is 0 Å². The Kier molecular flexibility index (Phi) is 61.7. The van der Waals surface area contributed by atoms with Gasteiger partial charge in [-0.2, -0.15) is 0 Å². The quantitative estimate of drug-likeness (QED) is 0.170. The van der Waals surface area contributed by atoms with Crippen molar-refractivity contribution >= 4 is 17.4 Å². The Morgan fingerprint density at radius 2 is 1.44 bits per heavy atom. The summed E-state index contributed by atoms with van der Waals surface area (Å²) in [7, 11) is 0. The molecule has 0 aliphatic heterocycles. The zero-order valence-electron chi connectivity index (χ0n) is 4.55. The molecule has 0 spiro atoms. The van der Waals surface area contributed by atoms with Gasteiger partial charge in [-0.25, -0.2) is 0 Å². The van der Waals surface area contributed by atoms with Gasteiger partial charge in [-0.05, 0) is 0 Å². The fourth-order valence-electron chi connectivity index (χ4n) is 0. The van der Waals surface area contributed by atoms with E-state index < -0.39 is 5.09 Å². The van der Waals surface area contributed by atoms with Crippen molar-refractivity contribution in [3.8, 4) is 0 Å². The largest absolute Gasteiger partial charge is 1.00 e. The molecule has 0 aromatic heterocycles. The summed E-state index contributed by atoms with van der Waals surface area (Å²) in [6.45, 7) is 0.